The van der Waals surface area contributed by atoms with E-state index >= 15 is 0 Å². The van der Waals surface area contributed by atoms with Gasteiger partial charge in [0.1, 0.15) is 18.5 Å². The van der Waals surface area contributed by atoms with E-state index in [2.05, 4.69) is 5.32 Å². The third-order valence-corrected chi connectivity index (χ3v) is 4.71. The molecule has 0 unspecified atom stereocenters. The van der Waals surface area contributed by atoms with Crippen LogP contribution in [0, 0.1) is 0 Å². The molecule has 0 bridgehead atoms. The van der Waals surface area contributed by atoms with Crippen molar-refractivity contribution in [2.24, 2.45) is 0 Å². The molecule has 7 nitrogen and oxygen atoms in total. The van der Waals surface area contributed by atoms with E-state index in [1.165, 1.54) is 0 Å². The topological polar surface area (TPSA) is 77.1 Å². The fraction of sp³-hybridized carbons (Fsp3) is 0.529. The zero-order valence-electron chi connectivity index (χ0n) is 13.3. The second-order valence-electron chi connectivity index (χ2n) is 6.15. The summed E-state index contributed by atoms with van der Waals surface area (Å²) < 4.78 is 16.7. The van der Waals surface area contributed by atoms with Crippen molar-refractivity contribution < 1.29 is 23.8 Å². The van der Waals surface area contributed by atoms with Gasteiger partial charge in [-0.3, -0.25) is 9.59 Å². The molecule has 3 heterocycles. The number of nitrogens with one attached hydrogen (secondary N) is 1. The first kappa shape index (κ1) is 15.4. The maximum absolute atomic E-state index is 13.0. The van der Waals surface area contributed by atoms with Gasteiger partial charge < -0.3 is 24.4 Å². The maximum atomic E-state index is 13.0. The zero-order chi connectivity index (χ0) is 16.5. The maximum Gasteiger partial charge on any atom is 0.255 e. The highest BCUT2D eigenvalue weighted by Gasteiger charge is 2.37. The molecule has 128 valence electrons. The van der Waals surface area contributed by atoms with Crippen LogP contribution in [0.3, 0.4) is 0 Å². The zero-order valence-corrected chi connectivity index (χ0v) is 13.3. The molecule has 4 rings (SSSR count). The lowest BCUT2D eigenvalue weighted by molar-refractivity contribution is -0.124. The van der Waals surface area contributed by atoms with Gasteiger partial charge in [0.25, 0.3) is 11.8 Å². The highest BCUT2D eigenvalue weighted by atomic mass is 16.5. The summed E-state index contributed by atoms with van der Waals surface area (Å²) >= 11 is 0. The summed E-state index contributed by atoms with van der Waals surface area (Å²) in [5.74, 6) is 0.241. The number of fused-ring (bicyclic) bond motifs is 2. The summed E-state index contributed by atoms with van der Waals surface area (Å²) in [6.45, 7) is 3.11. The number of carbonyl (C=O) groups excluding carboxylic acids is 2. The molecule has 2 atom stereocenters. The molecule has 0 saturated carbocycles. The van der Waals surface area contributed by atoms with E-state index in [0.29, 0.717) is 56.4 Å². The summed E-state index contributed by atoms with van der Waals surface area (Å²) in [6.07, 6.45) is 0.703. The van der Waals surface area contributed by atoms with E-state index in [4.69, 9.17) is 14.2 Å². The number of hydrogen-bond donors (Lipinski definition) is 1. The quantitative estimate of drug-likeness (QED) is 0.807. The van der Waals surface area contributed by atoms with Crippen LogP contribution >= 0.6 is 0 Å². The Kier molecular flexibility index (Phi) is 4.12. The Bertz CT molecular complexity index is 660. The fourth-order valence-electron chi connectivity index (χ4n) is 3.49. The Morgan fingerprint density at radius 2 is 2.17 bits per heavy atom. The molecule has 7 heteroatoms. The lowest BCUT2D eigenvalue weighted by atomic mass is 10.00. The van der Waals surface area contributed by atoms with Crippen LogP contribution in [0.1, 0.15) is 27.1 Å². The van der Waals surface area contributed by atoms with E-state index in [1.807, 2.05) is 4.90 Å². The Labute approximate surface area is 139 Å². The van der Waals surface area contributed by atoms with Crippen LogP contribution in [0.15, 0.2) is 18.2 Å². The molecular formula is C17H20N2O5. The summed E-state index contributed by atoms with van der Waals surface area (Å²) in [4.78, 5) is 27.0. The number of ether oxygens (including phenoxy) is 3. The number of nitrogens with zero attached hydrogens (tertiary/aromatic N) is 1. The van der Waals surface area contributed by atoms with Gasteiger partial charge in [-0.2, -0.15) is 0 Å². The summed E-state index contributed by atoms with van der Waals surface area (Å²) in [5, 5.41) is 2.77. The predicted molar refractivity (Wildman–Crippen MR) is 84.3 cm³/mol. The van der Waals surface area contributed by atoms with Crippen LogP contribution in [0.2, 0.25) is 0 Å². The minimum absolute atomic E-state index is 0.0314. The Hall–Kier alpha value is -2.12. The normalized spacial score (nSPS) is 26.5. The van der Waals surface area contributed by atoms with Gasteiger partial charge >= 0.3 is 0 Å². The summed E-state index contributed by atoms with van der Waals surface area (Å²) in [6, 6.07) is 5.09. The number of morpholine rings is 1. The van der Waals surface area contributed by atoms with Crippen LogP contribution in [-0.2, 0) is 9.47 Å². The smallest absolute Gasteiger partial charge is 0.255 e. The molecule has 2 fully saturated rings. The monoisotopic (exact) mass is 332 g/mol. The molecule has 1 N–H and O–H groups in total. The Morgan fingerprint density at radius 3 is 3.08 bits per heavy atom. The van der Waals surface area contributed by atoms with Gasteiger partial charge in [0.15, 0.2) is 0 Å². The summed E-state index contributed by atoms with van der Waals surface area (Å²) in [5.41, 5.74) is 0.914. The van der Waals surface area contributed by atoms with Gasteiger partial charge in [-0.25, -0.2) is 0 Å². The van der Waals surface area contributed by atoms with Gasteiger partial charge in [0.2, 0.25) is 0 Å². The van der Waals surface area contributed by atoms with Crippen LogP contribution in [0.4, 0.5) is 0 Å². The molecule has 0 aliphatic carbocycles. The van der Waals surface area contributed by atoms with Crippen molar-refractivity contribution in [2.75, 3.05) is 39.5 Å². The van der Waals surface area contributed by atoms with Crippen molar-refractivity contribution in [2.45, 2.75) is 18.6 Å². The van der Waals surface area contributed by atoms with Crippen LogP contribution in [0.25, 0.3) is 0 Å². The highest BCUT2D eigenvalue weighted by molar-refractivity contribution is 6.01. The van der Waals surface area contributed by atoms with Crippen molar-refractivity contribution in [3.05, 3.63) is 29.3 Å². The summed E-state index contributed by atoms with van der Waals surface area (Å²) in [7, 11) is 0. The molecule has 0 radical (unpaired) electrons. The second-order valence-corrected chi connectivity index (χ2v) is 6.15. The minimum atomic E-state index is -0.205. The third-order valence-electron chi connectivity index (χ3n) is 4.71. The van der Waals surface area contributed by atoms with Crippen molar-refractivity contribution in [1.29, 1.82) is 0 Å². The predicted octanol–water partition coefficient (Wildman–Crippen LogP) is 0.439. The van der Waals surface area contributed by atoms with Crippen molar-refractivity contribution in [1.82, 2.24) is 10.2 Å². The lowest BCUT2D eigenvalue weighted by Crippen LogP contribution is -2.57. The number of benzene rings is 1. The van der Waals surface area contributed by atoms with Crippen LogP contribution < -0.4 is 10.1 Å². The van der Waals surface area contributed by atoms with Gasteiger partial charge in [0.05, 0.1) is 31.4 Å². The van der Waals surface area contributed by atoms with E-state index < -0.39 is 0 Å². The number of hydrogen-bond acceptors (Lipinski definition) is 5. The molecular weight excluding hydrogens is 312 g/mol. The molecule has 0 spiro atoms. The first-order valence-corrected chi connectivity index (χ1v) is 8.29. The largest absolute Gasteiger partial charge is 0.491 e. The molecule has 2 amide bonds. The van der Waals surface area contributed by atoms with E-state index in [1.54, 1.807) is 18.2 Å². The van der Waals surface area contributed by atoms with Gasteiger partial charge in [0, 0.05) is 18.7 Å². The molecule has 0 aromatic heterocycles. The molecule has 2 saturated heterocycles. The van der Waals surface area contributed by atoms with Crippen LogP contribution in [0.5, 0.6) is 5.75 Å². The SMILES string of the molecule is O=C1NCCOc2ccc(C(=O)N3CCO[C@@H]4COCC[C@@H]43)cc21. The molecule has 3 aliphatic rings. The number of carbonyl (C=O) groups is 2. The average molecular weight is 332 g/mol. The Balaban J connectivity index is 1.61. The van der Waals surface area contributed by atoms with Gasteiger partial charge in [-0.15, -0.1) is 0 Å². The molecule has 24 heavy (non-hydrogen) atoms. The van der Waals surface area contributed by atoms with Crippen LogP contribution in [-0.4, -0.2) is 68.4 Å². The molecule has 1 aromatic rings. The molecule has 3 aliphatic heterocycles. The van der Waals surface area contributed by atoms with E-state index in [0.717, 1.165) is 6.42 Å². The number of rotatable bonds is 1. The first-order chi connectivity index (χ1) is 11.7. The fourth-order valence-corrected chi connectivity index (χ4v) is 3.49. The second kappa shape index (κ2) is 6.41. The Morgan fingerprint density at radius 1 is 1.25 bits per heavy atom. The number of amides is 2. The first-order valence-electron chi connectivity index (χ1n) is 8.29. The highest BCUT2D eigenvalue weighted by Crippen LogP contribution is 2.26. The van der Waals surface area contributed by atoms with E-state index in [-0.39, 0.29) is 24.0 Å². The molecule has 1 aromatic carbocycles. The van der Waals surface area contributed by atoms with Crippen molar-refractivity contribution in [3.63, 3.8) is 0 Å². The average Bonchev–Trinajstić information content (AvgIpc) is 2.82. The standard InChI is InChI=1S/C17H20N2O5/c20-16-12-9-11(1-2-14(12)23-7-4-18-16)17(21)19-5-8-24-15-10-22-6-3-13(15)19/h1-2,9,13,15H,3-8,10H2,(H,18,20)/t13-,15+/m0/s1. The van der Waals surface area contributed by atoms with Gasteiger partial charge in [-0.05, 0) is 24.6 Å². The van der Waals surface area contributed by atoms with E-state index in [9.17, 15) is 9.59 Å². The third kappa shape index (κ3) is 2.74. The van der Waals surface area contributed by atoms with Crippen molar-refractivity contribution in [3.8, 4) is 5.75 Å². The lowest BCUT2D eigenvalue weighted by Gasteiger charge is -2.43. The van der Waals surface area contributed by atoms with Gasteiger partial charge in [-0.1, -0.05) is 0 Å². The van der Waals surface area contributed by atoms with Crippen molar-refractivity contribution >= 4 is 11.8 Å². The minimum Gasteiger partial charge on any atom is -0.491 e.